The van der Waals surface area contributed by atoms with Crippen LogP contribution in [-0.2, 0) is 6.61 Å². The minimum Gasteiger partial charge on any atom is -0.489 e. The van der Waals surface area contributed by atoms with Gasteiger partial charge in [-0.25, -0.2) is 9.97 Å². The second-order valence-corrected chi connectivity index (χ2v) is 7.99. The molecule has 5 nitrogen and oxygen atoms in total. The normalized spacial score (nSPS) is 14.8. The molecule has 1 fully saturated rings. The molecule has 2 aromatic carbocycles. The molecule has 0 radical (unpaired) electrons. The van der Waals surface area contributed by atoms with E-state index in [-0.39, 0.29) is 0 Å². The van der Waals surface area contributed by atoms with E-state index in [0.717, 1.165) is 33.9 Å². The Morgan fingerprint density at radius 3 is 2.67 bits per heavy atom. The first-order chi connectivity index (χ1) is 14.8. The highest BCUT2D eigenvalue weighted by Gasteiger charge is 2.24. The van der Waals surface area contributed by atoms with Gasteiger partial charge in [-0.1, -0.05) is 61.7 Å². The number of hydrogen-bond acceptors (Lipinski definition) is 4. The minimum atomic E-state index is 0.472. The first-order valence-electron chi connectivity index (χ1n) is 10.7. The van der Waals surface area contributed by atoms with Gasteiger partial charge in [-0.3, -0.25) is 4.40 Å². The number of ether oxygens (including phenoxy) is 1. The zero-order chi connectivity index (χ0) is 20.3. The van der Waals surface area contributed by atoms with E-state index >= 15 is 0 Å². The molecule has 2 heterocycles. The van der Waals surface area contributed by atoms with Gasteiger partial charge in [0.05, 0.1) is 0 Å². The molecule has 1 aliphatic carbocycles. The van der Waals surface area contributed by atoms with Crippen molar-refractivity contribution in [2.24, 2.45) is 0 Å². The van der Waals surface area contributed by atoms with Gasteiger partial charge in [-0.2, -0.15) is 0 Å². The Hall–Kier alpha value is -3.34. The molecule has 152 valence electrons. The van der Waals surface area contributed by atoms with Crippen molar-refractivity contribution in [3.05, 3.63) is 78.4 Å². The van der Waals surface area contributed by atoms with Crippen molar-refractivity contribution in [3.8, 4) is 17.0 Å². The molecule has 1 saturated carbocycles. The van der Waals surface area contributed by atoms with Crippen LogP contribution in [0, 0.1) is 0 Å². The Kier molecular flexibility index (Phi) is 5.10. The van der Waals surface area contributed by atoms with E-state index in [1.807, 2.05) is 42.6 Å². The Morgan fingerprint density at radius 2 is 1.83 bits per heavy atom. The first-order valence-corrected chi connectivity index (χ1v) is 10.7. The van der Waals surface area contributed by atoms with Gasteiger partial charge in [-0.15, -0.1) is 0 Å². The first kappa shape index (κ1) is 18.7. The molecule has 5 heteroatoms. The summed E-state index contributed by atoms with van der Waals surface area (Å²) in [6, 6.07) is 18.3. The number of anilines is 1. The van der Waals surface area contributed by atoms with E-state index in [0.29, 0.717) is 18.3 Å². The van der Waals surface area contributed by atoms with Crippen molar-refractivity contribution < 1.29 is 4.74 Å². The molecule has 30 heavy (non-hydrogen) atoms. The van der Waals surface area contributed by atoms with Crippen molar-refractivity contribution >= 4 is 11.3 Å². The highest BCUT2D eigenvalue weighted by atomic mass is 16.5. The van der Waals surface area contributed by atoms with Gasteiger partial charge in [0.2, 0.25) is 0 Å². The second kappa shape index (κ2) is 8.19. The molecule has 0 unspecified atom stereocenters. The molecule has 4 aromatic rings. The van der Waals surface area contributed by atoms with Crippen LogP contribution in [-0.4, -0.2) is 14.4 Å². The summed E-state index contributed by atoms with van der Waals surface area (Å²) in [5, 5.41) is 0. The van der Waals surface area contributed by atoms with Crippen LogP contribution in [0.2, 0.25) is 0 Å². The van der Waals surface area contributed by atoms with Crippen LogP contribution in [0.15, 0.2) is 67.0 Å². The highest BCUT2D eigenvalue weighted by Crippen LogP contribution is 2.37. The molecule has 0 spiro atoms. The molecule has 0 amide bonds. The number of fused-ring (bicyclic) bond motifs is 1. The van der Waals surface area contributed by atoms with Gasteiger partial charge in [0.15, 0.2) is 0 Å². The lowest BCUT2D eigenvalue weighted by atomic mass is 9.89. The highest BCUT2D eigenvalue weighted by molar-refractivity contribution is 5.85. The zero-order valence-corrected chi connectivity index (χ0v) is 17.0. The maximum absolute atomic E-state index is 6.31. The van der Waals surface area contributed by atoms with Gasteiger partial charge in [0.1, 0.15) is 35.2 Å². The summed E-state index contributed by atoms with van der Waals surface area (Å²) in [5.41, 5.74) is 10.2. The Morgan fingerprint density at radius 1 is 1.00 bits per heavy atom. The van der Waals surface area contributed by atoms with E-state index in [2.05, 4.69) is 27.6 Å². The molecule has 1 aliphatic rings. The summed E-state index contributed by atoms with van der Waals surface area (Å²) >= 11 is 0. The average molecular weight is 399 g/mol. The van der Waals surface area contributed by atoms with Crippen molar-refractivity contribution in [2.75, 3.05) is 5.73 Å². The maximum Gasteiger partial charge on any atom is 0.150 e. The van der Waals surface area contributed by atoms with Crippen LogP contribution in [0.1, 0.15) is 49.4 Å². The number of nitrogens with zero attached hydrogens (tertiary/aromatic N) is 3. The summed E-state index contributed by atoms with van der Waals surface area (Å²) in [6.45, 7) is 0.533. The van der Waals surface area contributed by atoms with Crippen molar-refractivity contribution in [2.45, 2.75) is 44.6 Å². The van der Waals surface area contributed by atoms with Gasteiger partial charge in [0, 0.05) is 23.9 Å². The van der Waals surface area contributed by atoms with E-state index in [1.165, 1.54) is 32.1 Å². The van der Waals surface area contributed by atoms with Crippen LogP contribution in [0.25, 0.3) is 16.8 Å². The zero-order valence-electron chi connectivity index (χ0n) is 17.0. The molecule has 0 aliphatic heterocycles. The van der Waals surface area contributed by atoms with Crippen LogP contribution in [0.5, 0.6) is 5.75 Å². The van der Waals surface area contributed by atoms with Gasteiger partial charge < -0.3 is 10.5 Å². The average Bonchev–Trinajstić information content (AvgIpc) is 3.20. The van der Waals surface area contributed by atoms with Crippen LogP contribution >= 0.6 is 0 Å². The fourth-order valence-corrected chi connectivity index (χ4v) is 4.41. The quantitative estimate of drug-likeness (QED) is 0.475. The van der Waals surface area contributed by atoms with Crippen LogP contribution in [0.3, 0.4) is 0 Å². The second-order valence-electron chi connectivity index (χ2n) is 7.99. The summed E-state index contributed by atoms with van der Waals surface area (Å²) in [4.78, 5) is 9.43. The van der Waals surface area contributed by atoms with E-state index < -0.39 is 0 Å². The smallest absolute Gasteiger partial charge is 0.150 e. The Labute approximate surface area is 176 Å². The Bertz CT molecular complexity index is 1150. The third-order valence-corrected chi connectivity index (χ3v) is 5.94. The molecule has 2 N–H and O–H groups in total. The number of imidazole rings is 1. The lowest BCUT2D eigenvalue weighted by molar-refractivity contribution is 0.306. The third kappa shape index (κ3) is 3.63. The molecular weight excluding hydrogens is 372 g/mol. The number of hydrogen-bond donors (Lipinski definition) is 1. The predicted molar refractivity (Wildman–Crippen MR) is 119 cm³/mol. The fraction of sp³-hybridized carbons (Fsp3) is 0.280. The van der Waals surface area contributed by atoms with E-state index in [9.17, 15) is 0 Å². The summed E-state index contributed by atoms with van der Waals surface area (Å²) in [6.07, 6.45) is 9.96. The van der Waals surface area contributed by atoms with Gasteiger partial charge in [-0.05, 0) is 30.5 Å². The van der Waals surface area contributed by atoms with E-state index in [1.54, 1.807) is 6.20 Å². The largest absolute Gasteiger partial charge is 0.489 e. The monoisotopic (exact) mass is 398 g/mol. The lowest BCUT2D eigenvalue weighted by Gasteiger charge is -2.20. The lowest BCUT2D eigenvalue weighted by Crippen LogP contribution is -2.09. The molecular formula is C25H26N4O. The van der Waals surface area contributed by atoms with Crippen molar-refractivity contribution in [3.63, 3.8) is 0 Å². The molecule has 0 saturated heterocycles. The van der Waals surface area contributed by atoms with Gasteiger partial charge >= 0.3 is 0 Å². The number of rotatable bonds is 5. The van der Waals surface area contributed by atoms with Crippen LogP contribution in [0.4, 0.5) is 5.82 Å². The summed E-state index contributed by atoms with van der Waals surface area (Å²) in [7, 11) is 0. The van der Waals surface area contributed by atoms with Crippen molar-refractivity contribution in [1.29, 1.82) is 0 Å². The third-order valence-electron chi connectivity index (χ3n) is 5.94. The molecule has 0 bridgehead atoms. The summed E-state index contributed by atoms with van der Waals surface area (Å²) < 4.78 is 8.18. The number of nitrogens with two attached hydrogens (primary N) is 1. The Balaban J connectivity index is 1.51. The van der Waals surface area contributed by atoms with Crippen molar-refractivity contribution in [1.82, 2.24) is 14.4 Å². The fourth-order valence-electron chi connectivity index (χ4n) is 4.41. The number of nitrogen functional groups attached to an aromatic ring is 1. The number of benzene rings is 2. The number of aromatic nitrogens is 3. The molecule has 2 aromatic heterocycles. The minimum absolute atomic E-state index is 0.472. The summed E-state index contributed by atoms with van der Waals surface area (Å²) in [5.74, 6) is 2.90. The molecule has 0 atom stereocenters. The predicted octanol–water partition coefficient (Wildman–Crippen LogP) is 5.61. The van der Waals surface area contributed by atoms with Gasteiger partial charge in [0.25, 0.3) is 0 Å². The standard InChI is InChI=1S/C25H26N4O/c26-24-23-22(28-25(29(23)15-14-27-24)19-10-5-2-6-11-19)20-12-7-13-21(16-20)30-17-18-8-3-1-4-9-18/h1,3-4,7-9,12-16,19H,2,5-6,10-11,17H2,(H2,26,27). The molecule has 5 rings (SSSR count). The van der Waals surface area contributed by atoms with Crippen LogP contribution < -0.4 is 10.5 Å². The van der Waals surface area contributed by atoms with E-state index in [4.69, 9.17) is 15.5 Å². The maximum atomic E-state index is 6.31. The SMILES string of the molecule is Nc1nccn2c(C3CCCCC3)nc(-c3cccc(OCc4ccccc4)c3)c12. The topological polar surface area (TPSA) is 65.4 Å².